The van der Waals surface area contributed by atoms with Gasteiger partial charge in [-0.2, -0.15) is 0 Å². The molecule has 0 unspecified atom stereocenters. The number of hydrogen-bond donors (Lipinski definition) is 2. The van der Waals surface area contributed by atoms with Crippen molar-refractivity contribution in [3.05, 3.63) is 70.5 Å². The van der Waals surface area contributed by atoms with Gasteiger partial charge >= 0.3 is 0 Å². The fraction of sp³-hybridized carbons (Fsp3) is 0.211. The van der Waals surface area contributed by atoms with Crippen molar-refractivity contribution in [3.63, 3.8) is 0 Å². The molecule has 4 rings (SSSR count). The number of fused-ring (bicyclic) bond motifs is 1. The molecule has 0 saturated carbocycles. The summed E-state index contributed by atoms with van der Waals surface area (Å²) in [7, 11) is 0. The molecule has 1 aliphatic rings. The number of carbonyl (C=O) groups excluding carboxylic acids is 1. The maximum Gasteiger partial charge on any atom is 0.240 e. The highest BCUT2D eigenvalue weighted by Crippen LogP contribution is 2.37. The van der Waals surface area contributed by atoms with Gasteiger partial charge in [-0.25, -0.2) is 4.68 Å². The summed E-state index contributed by atoms with van der Waals surface area (Å²) in [6.07, 6.45) is 0. The molecule has 0 radical (unpaired) electrons. The normalized spacial score (nSPS) is 18.5. The van der Waals surface area contributed by atoms with Crippen LogP contribution >= 0.6 is 23.4 Å². The quantitative estimate of drug-likeness (QED) is 0.697. The Morgan fingerprint density at radius 3 is 2.70 bits per heavy atom. The highest BCUT2D eigenvalue weighted by atomic mass is 35.5. The first kappa shape index (κ1) is 17.9. The van der Waals surface area contributed by atoms with Gasteiger partial charge in [0.15, 0.2) is 0 Å². The SMILES string of the molecule is Cc1cccc(NC(=O)[C@@H]2Sc3nnc(C)n3N[C@@H]2c2ccc(Cl)cc2)c1. The summed E-state index contributed by atoms with van der Waals surface area (Å²) in [5.74, 6) is 0.652. The van der Waals surface area contributed by atoms with Crippen molar-refractivity contribution in [1.29, 1.82) is 0 Å². The Kier molecular flexibility index (Phi) is 4.80. The molecule has 2 N–H and O–H groups in total. The minimum Gasteiger partial charge on any atom is -0.325 e. The Bertz CT molecular complexity index is 988. The zero-order valence-electron chi connectivity index (χ0n) is 14.8. The summed E-state index contributed by atoms with van der Waals surface area (Å²) in [5.41, 5.74) is 6.21. The van der Waals surface area contributed by atoms with Crippen molar-refractivity contribution in [1.82, 2.24) is 14.9 Å². The summed E-state index contributed by atoms with van der Waals surface area (Å²) in [6.45, 7) is 3.87. The van der Waals surface area contributed by atoms with Crippen LogP contribution in [0, 0.1) is 13.8 Å². The van der Waals surface area contributed by atoms with E-state index in [2.05, 4.69) is 20.9 Å². The second kappa shape index (κ2) is 7.25. The summed E-state index contributed by atoms with van der Waals surface area (Å²) >= 11 is 7.43. The number of hydrogen-bond acceptors (Lipinski definition) is 5. The van der Waals surface area contributed by atoms with Crippen molar-refractivity contribution in [2.45, 2.75) is 30.3 Å². The summed E-state index contributed by atoms with van der Waals surface area (Å²) < 4.78 is 1.82. The van der Waals surface area contributed by atoms with E-state index in [-0.39, 0.29) is 11.9 Å². The molecule has 1 aliphatic heterocycles. The predicted molar refractivity (Wildman–Crippen MR) is 108 cm³/mol. The third kappa shape index (κ3) is 3.65. The first-order chi connectivity index (χ1) is 13.0. The van der Waals surface area contributed by atoms with E-state index in [1.807, 2.05) is 67.1 Å². The van der Waals surface area contributed by atoms with E-state index in [0.29, 0.717) is 10.2 Å². The number of benzene rings is 2. The molecule has 27 heavy (non-hydrogen) atoms. The van der Waals surface area contributed by atoms with Gasteiger partial charge in [0.05, 0.1) is 6.04 Å². The van der Waals surface area contributed by atoms with Crippen LogP contribution in [-0.4, -0.2) is 26.0 Å². The molecule has 2 aromatic carbocycles. The number of thioether (sulfide) groups is 1. The molecule has 1 aromatic heterocycles. The third-order valence-corrected chi connectivity index (χ3v) is 5.84. The Balaban J connectivity index is 1.66. The molecule has 0 bridgehead atoms. The largest absolute Gasteiger partial charge is 0.325 e. The Morgan fingerprint density at radius 2 is 1.96 bits per heavy atom. The lowest BCUT2D eigenvalue weighted by atomic mass is 10.0. The fourth-order valence-corrected chi connectivity index (χ4v) is 4.27. The van der Waals surface area contributed by atoms with Crippen LogP contribution in [0.5, 0.6) is 0 Å². The lowest BCUT2D eigenvalue weighted by Gasteiger charge is -2.32. The standard InChI is InChI=1S/C19H18ClN5OS/c1-11-4-3-5-15(10-11)21-18(26)17-16(13-6-8-14(20)9-7-13)24-25-12(2)22-23-19(25)27-17/h3-10,16-17,24H,1-2H3,(H,21,26)/t16-,17-/m1/s1. The van der Waals surface area contributed by atoms with Gasteiger partial charge in [-0.05, 0) is 49.2 Å². The molecule has 0 aliphatic carbocycles. The fourth-order valence-electron chi connectivity index (χ4n) is 3.02. The van der Waals surface area contributed by atoms with Gasteiger partial charge in [-0.1, -0.05) is 47.6 Å². The number of nitrogens with one attached hydrogen (secondary N) is 2. The average molecular weight is 400 g/mol. The van der Waals surface area contributed by atoms with E-state index in [1.54, 1.807) is 0 Å². The molecule has 2 heterocycles. The number of aryl methyl sites for hydroxylation is 2. The molecular formula is C19H18ClN5OS. The van der Waals surface area contributed by atoms with Gasteiger partial charge in [-0.15, -0.1) is 10.2 Å². The van der Waals surface area contributed by atoms with Crippen molar-refractivity contribution >= 4 is 35.0 Å². The first-order valence-corrected chi connectivity index (χ1v) is 9.75. The summed E-state index contributed by atoms with van der Waals surface area (Å²) in [6, 6.07) is 15.0. The van der Waals surface area contributed by atoms with Gasteiger partial charge < -0.3 is 10.7 Å². The maximum atomic E-state index is 13.1. The topological polar surface area (TPSA) is 71.8 Å². The summed E-state index contributed by atoms with van der Waals surface area (Å²) in [4.78, 5) is 13.1. The lowest BCUT2D eigenvalue weighted by molar-refractivity contribution is -0.116. The van der Waals surface area contributed by atoms with E-state index in [0.717, 1.165) is 22.6 Å². The monoisotopic (exact) mass is 399 g/mol. The van der Waals surface area contributed by atoms with Gasteiger partial charge in [0.1, 0.15) is 11.1 Å². The minimum atomic E-state index is -0.414. The third-order valence-electron chi connectivity index (χ3n) is 4.37. The van der Waals surface area contributed by atoms with E-state index >= 15 is 0 Å². The van der Waals surface area contributed by atoms with Crippen LogP contribution in [0.4, 0.5) is 5.69 Å². The number of amides is 1. The summed E-state index contributed by atoms with van der Waals surface area (Å²) in [5, 5.41) is 12.2. The van der Waals surface area contributed by atoms with Crippen molar-refractivity contribution in [2.24, 2.45) is 0 Å². The molecule has 3 aromatic rings. The number of anilines is 1. The molecule has 0 spiro atoms. The zero-order chi connectivity index (χ0) is 19.0. The molecule has 2 atom stereocenters. The van der Waals surface area contributed by atoms with Crippen LogP contribution in [0.3, 0.4) is 0 Å². The van der Waals surface area contributed by atoms with Crippen LogP contribution < -0.4 is 10.7 Å². The van der Waals surface area contributed by atoms with Gasteiger partial charge in [0.2, 0.25) is 11.1 Å². The second-order valence-corrected chi connectivity index (χ2v) is 7.97. The number of rotatable bonds is 3. The Labute approximate surface area is 166 Å². The van der Waals surface area contributed by atoms with Crippen molar-refractivity contribution in [3.8, 4) is 0 Å². The van der Waals surface area contributed by atoms with Crippen LogP contribution in [0.15, 0.2) is 53.7 Å². The first-order valence-electron chi connectivity index (χ1n) is 8.49. The highest BCUT2D eigenvalue weighted by Gasteiger charge is 2.37. The lowest BCUT2D eigenvalue weighted by Crippen LogP contribution is -2.41. The maximum absolute atomic E-state index is 13.1. The second-order valence-electron chi connectivity index (χ2n) is 6.42. The number of aromatic nitrogens is 3. The predicted octanol–water partition coefficient (Wildman–Crippen LogP) is 3.95. The molecule has 0 saturated heterocycles. The van der Waals surface area contributed by atoms with E-state index in [4.69, 9.17) is 11.6 Å². The number of carbonyl (C=O) groups is 1. The molecule has 8 heteroatoms. The van der Waals surface area contributed by atoms with Crippen molar-refractivity contribution in [2.75, 3.05) is 10.7 Å². The van der Waals surface area contributed by atoms with E-state index in [9.17, 15) is 4.79 Å². The molecule has 0 fully saturated rings. The minimum absolute atomic E-state index is 0.0926. The molecular weight excluding hydrogens is 382 g/mol. The Morgan fingerprint density at radius 1 is 1.19 bits per heavy atom. The Hall–Kier alpha value is -2.51. The zero-order valence-corrected chi connectivity index (χ0v) is 16.4. The van der Waals surface area contributed by atoms with Crippen molar-refractivity contribution < 1.29 is 4.79 Å². The number of nitrogens with zero attached hydrogens (tertiary/aromatic N) is 3. The average Bonchev–Trinajstić information content (AvgIpc) is 3.02. The van der Waals surface area contributed by atoms with Crippen LogP contribution in [0.2, 0.25) is 5.02 Å². The van der Waals surface area contributed by atoms with Crippen LogP contribution in [0.25, 0.3) is 0 Å². The highest BCUT2D eigenvalue weighted by molar-refractivity contribution is 8.00. The van der Waals surface area contributed by atoms with Gasteiger partial charge in [-0.3, -0.25) is 4.79 Å². The van der Waals surface area contributed by atoms with Crippen LogP contribution in [0.1, 0.15) is 23.0 Å². The molecule has 6 nitrogen and oxygen atoms in total. The molecule has 138 valence electrons. The smallest absolute Gasteiger partial charge is 0.240 e. The van der Waals surface area contributed by atoms with E-state index < -0.39 is 5.25 Å². The molecule has 1 amide bonds. The van der Waals surface area contributed by atoms with Gasteiger partial charge in [0.25, 0.3) is 0 Å². The van der Waals surface area contributed by atoms with E-state index in [1.165, 1.54) is 11.8 Å². The van der Waals surface area contributed by atoms with Gasteiger partial charge in [0, 0.05) is 10.7 Å². The number of halogens is 1. The van der Waals surface area contributed by atoms with Crippen LogP contribution in [-0.2, 0) is 4.79 Å².